The van der Waals surface area contributed by atoms with Gasteiger partial charge in [-0.2, -0.15) is 0 Å². The molecule has 1 saturated heterocycles. The molecule has 0 unspecified atom stereocenters. The van der Waals surface area contributed by atoms with Crippen LogP contribution in [0.15, 0.2) is 0 Å². The van der Waals surface area contributed by atoms with E-state index in [2.05, 4.69) is 0 Å². The number of nitrogens with two attached hydrogens (primary N) is 1. The van der Waals surface area contributed by atoms with Crippen LogP contribution in [0.3, 0.4) is 0 Å². The van der Waals surface area contributed by atoms with Crippen LogP contribution in [0.25, 0.3) is 0 Å². The standard InChI is InChI=1S/C14H26N2O2/c1-16(10-12-4-8-18-9-5-12)13(17)14(11-15)6-2-3-7-14/h12H,2-11,15H2,1H3. The van der Waals surface area contributed by atoms with Crippen molar-refractivity contribution in [1.29, 1.82) is 0 Å². The molecule has 2 aliphatic rings. The van der Waals surface area contributed by atoms with Crippen LogP contribution >= 0.6 is 0 Å². The van der Waals surface area contributed by atoms with Gasteiger partial charge in [0.25, 0.3) is 0 Å². The first-order valence-corrected chi connectivity index (χ1v) is 7.21. The summed E-state index contributed by atoms with van der Waals surface area (Å²) in [5.41, 5.74) is 5.62. The highest BCUT2D eigenvalue weighted by atomic mass is 16.5. The van der Waals surface area contributed by atoms with Crippen LogP contribution < -0.4 is 5.73 Å². The molecule has 1 aliphatic heterocycles. The highest BCUT2D eigenvalue weighted by Crippen LogP contribution is 2.38. The van der Waals surface area contributed by atoms with Crippen LogP contribution in [0.1, 0.15) is 38.5 Å². The maximum absolute atomic E-state index is 12.6. The van der Waals surface area contributed by atoms with Crippen LogP contribution in [-0.4, -0.2) is 44.2 Å². The Morgan fingerprint density at radius 3 is 2.50 bits per heavy atom. The van der Waals surface area contributed by atoms with Crippen molar-refractivity contribution in [2.45, 2.75) is 38.5 Å². The van der Waals surface area contributed by atoms with Gasteiger partial charge >= 0.3 is 0 Å². The van der Waals surface area contributed by atoms with E-state index in [1.165, 1.54) is 0 Å². The van der Waals surface area contributed by atoms with E-state index < -0.39 is 0 Å². The summed E-state index contributed by atoms with van der Waals surface area (Å²) in [4.78, 5) is 14.5. The molecule has 2 N–H and O–H groups in total. The lowest BCUT2D eigenvalue weighted by atomic mass is 9.84. The lowest BCUT2D eigenvalue weighted by Gasteiger charge is -2.34. The highest BCUT2D eigenvalue weighted by Gasteiger charge is 2.41. The number of hydrogen-bond donors (Lipinski definition) is 1. The molecule has 0 spiro atoms. The number of hydrogen-bond acceptors (Lipinski definition) is 3. The minimum absolute atomic E-state index is 0.250. The Morgan fingerprint density at radius 1 is 1.33 bits per heavy atom. The van der Waals surface area contributed by atoms with E-state index in [1.54, 1.807) is 0 Å². The zero-order chi connectivity index (χ0) is 13.0. The Morgan fingerprint density at radius 2 is 1.94 bits per heavy atom. The molecule has 4 heteroatoms. The molecular formula is C14H26N2O2. The largest absolute Gasteiger partial charge is 0.381 e. The van der Waals surface area contributed by atoms with Crippen molar-refractivity contribution in [2.24, 2.45) is 17.1 Å². The topological polar surface area (TPSA) is 55.6 Å². The summed E-state index contributed by atoms with van der Waals surface area (Å²) < 4.78 is 5.36. The predicted molar refractivity (Wildman–Crippen MR) is 71.1 cm³/mol. The molecule has 0 aromatic carbocycles. The first-order valence-electron chi connectivity index (χ1n) is 7.21. The number of ether oxygens (including phenoxy) is 1. The molecule has 0 aromatic rings. The maximum atomic E-state index is 12.6. The summed E-state index contributed by atoms with van der Waals surface area (Å²) in [5.74, 6) is 0.873. The minimum Gasteiger partial charge on any atom is -0.381 e. The Bertz CT molecular complexity index is 282. The van der Waals surface area contributed by atoms with Crippen LogP contribution in [0.5, 0.6) is 0 Å². The minimum atomic E-state index is -0.250. The molecule has 2 rings (SSSR count). The van der Waals surface area contributed by atoms with Crippen molar-refractivity contribution in [2.75, 3.05) is 33.4 Å². The molecule has 1 heterocycles. The average Bonchev–Trinajstić information content (AvgIpc) is 2.89. The van der Waals surface area contributed by atoms with Crippen molar-refractivity contribution in [3.05, 3.63) is 0 Å². The van der Waals surface area contributed by atoms with Crippen molar-refractivity contribution >= 4 is 5.91 Å². The third-order valence-electron chi connectivity index (χ3n) is 4.62. The number of carbonyl (C=O) groups is 1. The molecular weight excluding hydrogens is 228 g/mol. The molecule has 1 amide bonds. The van der Waals surface area contributed by atoms with Crippen molar-refractivity contribution in [3.8, 4) is 0 Å². The van der Waals surface area contributed by atoms with Gasteiger partial charge in [0, 0.05) is 33.4 Å². The van der Waals surface area contributed by atoms with Crippen molar-refractivity contribution < 1.29 is 9.53 Å². The zero-order valence-corrected chi connectivity index (χ0v) is 11.5. The van der Waals surface area contributed by atoms with Gasteiger partial charge in [0.05, 0.1) is 5.41 Å². The normalized spacial score (nSPS) is 24.1. The van der Waals surface area contributed by atoms with E-state index in [1.807, 2.05) is 11.9 Å². The van der Waals surface area contributed by atoms with Gasteiger partial charge in [-0.15, -0.1) is 0 Å². The molecule has 2 fully saturated rings. The molecule has 0 bridgehead atoms. The van der Waals surface area contributed by atoms with E-state index in [9.17, 15) is 4.79 Å². The van der Waals surface area contributed by atoms with Gasteiger partial charge < -0.3 is 15.4 Å². The van der Waals surface area contributed by atoms with Gasteiger partial charge in [0.2, 0.25) is 5.91 Å². The van der Waals surface area contributed by atoms with Gasteiger partial charge in [0.1, 0.15) is 0 Å². The smallest absolute Gasteiger partial charge is 0.229 e. The van der Waals surface area contributed by atoms with Gasteiger partial charge in [-0.1, -0.05) is 12.8 Å². The van der Waals surface area contributed by atoms with Crippen molar-refractivity contribution in [1.82, 2.24) is 4.90 Å². The third kappa shape index (κ3) is 2.86. The lowest BCUT2D eigenvalue weighted by Crippen LogP contribution is -2.46. The van der Waals surface area contributed by atoms with Gasteiger partial charge in [-0.25, -0.2) is 0 Å². The zero-order valence-electron chi connectivity index (χ0n) is 11.5. The molecule has 0 atom stereocenters. The lowest BCUT2D eigenvalue weighted by molar-refractivity contribution is -0.141. The van der Waals surface area contributed by atoms with Crippen LogP contribution in [0.4, 0.5) is 0 Å². The number of carbonyl (C=O) groups excluding carboxylic acids is 1. The maximum Gasteiger partial charge on any atom is 0.229 e. The summed E-state index contributed by atoms with van der Waals surface area (Å²) in [6.45, 7) is 3.05. The second kappa shape index (κ2) is 6.02. The second-order valence-corrected chi connectivity index (χ2v) is 5.93. The fraction of sp³-hybridized carbons (Fsp3) is 0.929. The van der Waals surface area contributed by atoms with E-state index >= 15 is 0 Å². The molecule has 0 radical (unpaired) electrons. The first kappa shape index (κ1) is 13.8. The van der Waals surface area contributed by atoms with E-state index in [0.29, 0.717) is 12.5 Å². The average molecular weight is 254 g/mol. The van der Waals surface area contributed by atoms with Gasteiger partial charge in [-0.05, 0) is 31.6 Å². The molecule has 18 heavy (non-hydrogen) atoms. The molecule has 0 aromatic heterocycles. The van der Waals surface area contributed by atoms with Crippen molar-refractivity contribution in [3.63, 3.8) is 0 Å². The Hall–Kier alpha value is -0.610. The summed E-state index contributed by atoms with van der Waals surface area (Å²) in [7, 11) is 1.94. The van der Waals surface area contributed by atoms with Crippen LogP contribution in [0.2, 0.25) is 0 Å². The Labute approximate surface area is 110 Å². The van der Waals surface area contributed by atoms with Gasteiger partial charge in [0.15, 0.2) is 0 Å². The second-order valence-electron chi connectivity index (χ2n) is 5.93. The third-order valence-corrected chi connectivity index (χ3v) is 4.62. The molecule has 104 valence electrons. The Balaban J connectivity index is 1.90. The Kier molecular flexibility index (Phi) is 4.62. The molecule has 1 aliphatic carbocycles. The van der Waals surface area contributed by atoms with Crippen LogP contribution in [-0.2, 0) is 9.53 Å². The van der Waals surface area contributed by atoms with E-state index in [4.69, 9.17) is 10.5 Å². The summed E-state index contributed by atoms with van der Waals surface area (Å²) >= 11 is 0. The predicted octanol–water partition coefficient (Wildman–Crippen LogP) is 1.39. The molecule has 4 nitrogen and oxygen atoms in total. The monoisotopic (exact) mass is 254 g/mol. The summed E-state index contributed by atoms with van der Waals surface area (Å²) in [5, 5.41) is 0. The van der Waals surface area contributed by atoms with E-state index in [-0.39, 0.29) is 11.3 Å². The fourth-order valence-corrected chi connectivity index (χ4v) is 3.36. The SMILES string of the molecule is CN(CC1CCOCC1)C(=O)C1(CN)CCCC1. The number of rotatable bonds is 4. The number of nitrogens with zero attached hydrogens (tertiary/aromatic N) is 1. The fourth-order valence-electron chi connectivity index (χ4n) is 3.36. The summed E-state index contributed by atoms with van der Waals surface area (Å²) in [6, 6.07) is 0. The highest BCUT2D eigenvalue weighted by molar-refractivity contribution is 5.83. The first-order chi connectivity index (χ1) is 8.68. The molecule has 1 saturated carbocycles. The van der Waals surface area contributed by atoms with Crippen LogP contribution in [0, 0.1) is 11.3 Å². The quantitative estimate of drug-likeness (QED) is 0.825. The number of amides is 1. The van der Waals surface area contributed by atoms with E-state index in [0.717, 1.165) is 58.3 Å². The van der Waals surface area contributed by atoms with Gasteiger partial charge in [-0.3, -0.25) is 4.79 Å². The summed E-state index contributed by atoms with van der Waals surface area (Å²) in [6.07, 6.45) is 6.39.